The summed E-state index contributed by atoms with van der Waals surface area (Å²) in [5.74, 6) is -1.79. The van der Waals surface area contributed by atoms with E-state index in [0.717, 1.165) is 16.4 Å². The molecule has 0 aliphatic heterocycles. The lowest BCUT2D eigenvalue weighted by Gasteiger charge is -2.16. The first kappa shape index (κ1) is 15.4. The number of hydrogen-bond acceptors (Lipinski definition) is 3. The first-order chi connectivity index (χ1) is 9.30. The van der Waals surface area contributed by atoms with E-state index in [2.05, 4.69) is 0 Å². The molecule has 0 aliphatic carbocycles. The minimum absolute atomic E-state index is 0.0374. The summed E-state index contributed by atoms with van der Waals surface area (Å²) in [5.41, 5.74) is 0. The molecule has 0 fully saturated rings. The number of sulfonamides is 1. The summed E-state index contributed by atoms with van der Waals surface area (Å²) in [6.45, 7) is 0.0374. The van der Waals surface area contributed by atoms with Crippen LogP contribution in [-0.2, 0) is 16.6 Å². The molecule has 0 spiro atoms. The second kappa shape index (κ2) is 5.77. The van der Waals surface area contributed by atoms with Gasteiger partial charge in [-0.1, -0.05) is 11.6 Å². The SMILES string of the molecule is CN(Cc1ccc(Cl)s1)S(=O)(=O)c1cc(F)ccc1F. The Hall–Kier alpha value is -1.02. The van der Waals surface area contributed by atoms with Crippen molar-refractivity contribution in [3.63, 3.8) is 0 Å². The van der Waals surface area contributed by atoms with Crippen LogP contribution in [0.15, 0.2) is 35.2 Å². The monoisotopic (exact) mass is 337 g/mol. The van der Waals surface area contributed by atoms with Crippen LogP contribution in [0.1, 0.15) is 4.88 Å². The van der Waals surface area contributed by atoms with Crippen molar-refractivity contribution in [3.05, 3.63) is 51.2 Å². The predicted molar refractivity (Wildman–Crippen MR) is 74.3 cm³/mol. The number of halogens is 3. The van der Waals surface area contributed by atoms with Gasteiger partial charge in [-0.25, -0.2) is 17.2 Å². The molecule has 0 atom stereocenters. The molecule has 8 heteroatoms. The summed E-state index contributed by atoms with van der Waals surface area (Å²) in [7, 11) is -2.80. The summed E-state index contributed by atoms with van der Waals surface area (Å²) in [6.07, 6.45) is 0. The third-order valence-electron chi connectivity index (χ3n) is 2.59. The van der Waals surface area contributed by atoms with Crippen molar-refractivity contribution >= 4 is 33.0 Å². The maximum Gasteiger partial charge on any atom is 0.246 e. The van der Waals surface area contributed by atoms with Gasteiger partial charge in [-0.05, 0) is 30.3 Å². The highest BCUT2D eigenvalue weighted by Crippen LogP contribution is 2.25. The molecule has 3 nitrogen and oxygen atoms in total. The first-order valence-electron chi connectivity index (χ1n) is 5.46. The zero-order valence-electron chi connectivity index (χ0n) is 10.3. The van der Waals surface area contributed by atoms with Gasteiger partial charge in [0.25, 0.3) is 0 Å². The Kier molecular flexibility index (Phi) is 4.43. The maximum atomic E-state index is 13.6. The lowest BCUT2D eigenvalue weighted by atomic mass is 10.3. The number of benzene rings is 1. The Balaban J connectivity index is 2.32. The van der Waals surface area contributed by atoms with Crippen LogP contribution in [0.3, 0.4) is 0 Å². The topological polar surface area (TPSA) is 37.4 Å². The molecule has 0 unspecified atom stereocenters. The molecular formula is C12H10ClF2NO2S2. The summed E-state index contributed by atoms with van der Waals surface area (Å²) in [5, 5.41) is 0. The molecule has 0 N–H and O–H groups in total. The van der Waals surface area contributed by atoms with E-state index in [1.807, 2.05) is 0 Å². The van der Waals surface area contributed by atoms with Crippen molar-refractivity contribution in [1.82, 2.24) is 4.31 Å². The molecule has 0 radical (unpaired) electrons. The Bertz CT molecular complexity index is 731. The fourth-order valence-corrected chi connectivity index (χ4v) is 4.03. The second-order valence-electron chi connectivity index (χ2n) is 4.04. The molecule has 0 saturated carbocycles. The summed E-state index contributed by atoms with van der Waals surface area (Å²) in [6, 6.07) is 5.65. The van der Waals surface area contributed by atoms with Crippen LogP contribution in [0.25, 0.3) is 0 Å². The molecule has 0 saturated heterocycles. The van der Waals surface area contributed by atoms with Crippen LogP contribution < -0.4 is 0 Å². The largest absolute Gasteiger partial charge is 0.246 e. The van der Waals surface area contributed by atoms with Crippen molar-refractivity contribution in [2.24, 2.45) is 0 Å². The molecule has 0 bridgehead atoms. The van der Waals surface area contributed by atoms with Gasteiger partial charge in [-0.3, -0.25) is 0 Å². The average Bonchev–Trinajstić information content (AvgIpc) is 2.77. The zero-order valence-corrected chi connectivity index (χ0v) is 12.7. The van der Waals surface area contributed by atoms with Gasteiger partial charge < -0.3 is 0 Å². The van der Waals surface area contributed by atoms with Crippen molar-refractivity contribution in [1.29, 1.82) is 0 Å². The van der Waals surface area contributed by atoms with Crippen LogP contribution in [0.2, 0.25) is 4.34 Å². The van der Waals surface area contributed by atoms with E-state index in [1.54, 1.807) is 12.1 Å². The van der Waals surface area contributed by atoms with Crippen molar-refractivity contribution in [3.8, 4) is 0 Å². The summed E-state index contributed by atoms with van der Waals surface area (Å²) < 4.78 is 52.6. The van der Waals surface area contributed by atoms with E-state index < -0.39 is 26.6 Å². The van der Waals surface area contributed by atoms with Crippen LogP contribution >= 0.6 is 22.9 Å². The number of nitrogens with zero attached hydrogens (tertiary/aromatic N) is 1. The summed E-state index contributed by atoms with van der Waals surface area (Å²) in [4.78, 5) is 0.0283. The molecule has 0 aliphatic rings. The van der Waals surface area contributed by atoms with Gasteiger partial charge in [0.15, 0.2) is 0 Å². The van der Waals surface area contributed by atoms with E-state index in [1.165, 1.54) is 18.4 Å². The van der Waals surface area contributed by atoms with Crippen molar-refractivity contribution in [2.75, 3.05) is 7.05 Å². The van der Waals surface area contributed by atoms with Crippen LogP contribution in [-0.4, -0.2) is 19.8 Å². The third kappa shape index (κ3) is 3.17. The molecule has 20 heavy (non-hydrogen) atoms. The second-order valence-corrected chi connectivity index (χ2v) is 7.85. The van der Waals surface area contributed by atoms with Gasteiger partial charge in [0, 0.05) is 18.5 Å². The quantitative estimate of drug-likeness (QED) is 0.856. The molecule has 2 rings (SSSR count). The number of rotatable bonds is 4. The Morgan fingerprint density at radius 1 is 1.25 bits per heavy atom. The van der Waals surface area contributed by atoms with Crippen LogP contribution in [0.5, 0.6) is 0 Å². The minimum Gasteiger partial charge on any atom is -0.207 e. The maximum absolute atomic E-state index is 13.6. The van der Waals surface area contributed by atoms with Gasteiger partial charge in [0.2, 0.25) is 10.0 Å². The van der Waals surface area contributed by atoms with E-state index in [4.69, 9.17) is 11.6 Å². The lowest BCUT2D eigenvalue weighted by molar-refractivity contribution is 0.460. The molecular weight excluding hydrogens is 328 g/mol. The van der Waals surface area contributed by atoms with Gasteiger partial charge in [-0.2, -0.15) is 4.31 Å². The fraction of sp³-hybridized carbons (Fsp3) is 0.167. The van der Waals surface area contributed by atoms with Crippen molar-refractivity contribution in [2.45, 2.75) is 11.4 Å². The third-order valence-corrected chi connectivity index (χ3v) is 5.62. The predicted octanol–water partition coefficient (Wildman–Crippen LogP) is 3.50. The zero-order chi connectivity index (χ0) is 14.9. The highest BCUT2D eigenvalue weighted by Gasteiger charge is 2.25. The highest BCUT2D eigenvalue weighted by molar-refractivity contribution is 7.89. The molecule has 108 valence electrons. The molecule has 1 heterocycles. The van der Waals surface area contributed by atoms with E-state index in [9.17, 15) is 17.2 Å². The first-order valence-corrected chi connectivity index (χ1v) is 8.10. The minimum atomic E-state index is -4.10. The molecule has 1 aromatic heterocycles. The number of hydrogen-bond donors (Lipinski definition) is 0. The van der Waals surface area contributed by atoms with Crippen LogP contribution in [0, 0.1) is 11.6 Å². The molecule has 2 aromatic rings. The average molecular weight is 338 g/mol. The van der Waals surface area contributed by atoms with Crippen LogP contribution in [0.4, 0.5) is 8.78 Å². The van der Waals surface area contributed by atoms with Gasteiger partial charge >= 0.3 is 0 Å². The smallest absolute Gasteiger partial charge is 0.207 e. The molecule has 1 aromatic carbocycles. The molecule has 0 amide bonds. The standard InChI is InChI=1S/C12H10ClF2NO2S2/c1-16(7-9-3-5-12(13)19-9)20(17,18)11-6-8(14)2-4-10(11)15/h2-6H,7H2,1H3. The van der Waals surface area contributed by atoms with E-state index in [-0.39, 0.29) is 6.54 Å². The highest BCUT2D eigenvalue weighted by atomic mass is 35.5. The van der Waals surface area contributed by atoms with E-state index in [0.29, 0.717) is 15.3 Å². The normalized spacial score (nSPS) is 12.1. The van der Waals surface area contributed by atoms with Crippen molar-refractivity contribution < 1.29 is 17.2 Å². The lowest BCUT2D eigenvalue weighted by Crippen LogP contribution is -2.27. The summed E-state index contributed by atoms with van der Waals surface area (Å²) >= 11 is 6.99. The van der Waals surface area contributed by atoms with Gasteiger partial charge in [0.1, 0.15) is 16.5 Å². The Morgan fingerprint density at radius 3 is 2.55 bits per heavy atom. The van der Waals surface area contributed by atoms with Gasteiger partial charge in [-0.15, -0.1) is 11.3 Å². The Morgan fingerprint density at radius 2 is 1.95 bits per heavy atom. The fourth-order valence-electron chi connectivity index (χ4n) is 1.58. The Labute approximate surface area is 124 Å². The number of thiophene rings is 1. The van der Waals surface area contributed by atoms with Gasteiger partial charge in [0.05, 0.1) is 4.34 Å². The van der Waals surface area contributed by atoms with E-state index >= 15 is 0 Å².